The van der Waals surface area contributed by atoms with E-state index in [0.29, 0.717) is 25.9 Å². The first kappa shape index (κ1) is 13.8. The first-order chi connectivity index (χ1) is 7.95. The zero-order chi connectivity index (χ0) is 13.0. The topological polar surface area (TPSA) is 89.9 Å². The van der Waals surface area contributed by atoms with Crippen molar-refractivity contribution >= 4 is 12.0 Å². The molecule has 98 valence electrons. The van der Waals surface area contributed by atoms with Gasteiger partial charge in [0, 0.05) is 13.1 Å². The van der Waals surface area contributed by atoms with Crippen LogP contribution in [0.4, 0.5) is 4.79 Å². The van der Waals surface area contributed by atoms with Crippen LogP contribution in [0.1, 0.15) is 26.7 Å². The SMILES string of the molecule is CC[C@@H](NC(=O)N1CCC(O)C(C)C1)C(=O)O. The van der Waals surface area contributed by atoms with Crippen molar-refractivity contribution in [1.29, 1.82) is 0 Å². The van der Waals surface area contributed by atoms with Crippen molar-refractivity contribution in [2.24, 2.45) is 5.92 Å². The third-order valence-electron chi connectivity index (χ3n) is 3.15. The van der Waals surface area contributed by atoms with Crippen molar-refractivity contribution in [1.82, 2.24) is 10.2 Å². The molecule has 6 heteroatoms. The lowest BCUT2D eigenvalue weighted by molar-refractivity contribution is -0.139. The molecule has 6 nitrogen and oxygen atoms in total. The second-order valence-electron chi connectivity index (χ2n) is 4.53. The van der Waals surface area contributed by atoms with Gasteiger partial charge in [-0.25, -0.2) is 9.59 Å². The molecule has 0 radical (unpaired) electrons. The molecular weight excluding hydrogens is 224 g/mol. The molecule has 1 saturated heterocycles. The van der Waals surface area contributed by atoms with Gasteiger partial charge < -0.3 is 20.4 Å². The number of carboxylic acid groups (broad SMARTS) is 1. The highest BCUT2D eigenvalue weighted by Gasteiger charge is 2.28. The minimum absolute atomic E-state index is 0.0272. The number of piperidine rings is 1. The van der Waals surface area contributed by atoms with E-state index < -0.39 is 12.0 Å². The number of rotatable bonds is 3. The van der Waals surface area contributed by atoms with E-state index in [4.69, 9.17) is 5.11 Å². The monoisotopic (exact) mass is 244 g/mol. The summed E-state index contributed by atoms with van der Waals surface area (Å²) in [5.41, 5.74) is 0. The second-order valence-corrected chi connectivity index (χ2v) is 4.53. The van der Waals surface area contributed by atoms with Crippen LogP contribution in [-0.2, 0) is 4.79 Å². The van der Waals surface area contributed by atoms with Crippen LogP contribution in [0.3, 0.4) is 0 Å². The Bertz CT molecular complexity index is 295. The number of nitrogens with one attached hydrogen (secondary N) is 1. The van der Waals surface area contributed by atoms with Crippen LogP contribution >= 0.6 is 0 Å². The number of carbonyl (C=O) groups is 2. The molecule has 0 saturated carbocycles. The van der Waals surface area contributed by atoms with Crippen molar-refractivity contribution in [3.05, 3.63) is 0 Å². The van der Waals surface area contributed by atoms with E-state index >= 15 is 0 Å². The standard InChI is InChI=1S/C11H20N2O4/c1-3-8(10(15)16)12-11(17)13-5-4-9(14)7(2)6-13/h7-9,14H,3-6H2,1-2H3,(H,12,17)(H,15,16)/t7?,8-,9?/m1/s1. The number of hydrogen-bond donors (Lipinski definition) is 3. The molecule has 1 fully saturated rings. The summed E-state index contributed by atoms with van der Waals surface area (Å²) in [4.78, 5) is 24.1. The Labute approximate surface area is 101 Å². The smallest absolute Gasteiger partial charge is 0.326 e. The van der Waals surface area contributed by atoms with E-state index in [1.807, 2.05) is 6.92 Å². The molecule has 1 aliphatic rings. The van der Waals surface area contributed by atoms with Gasteiger partial charge in [-0.05, 0) is 18.8 Å². The molecule has 0 aliphatic carbocycles. The molecule has 3 N–H and O–H groups in total. The van der Waals surface area contributed by atoms with Crippen molar-refractivity contribution < 1.29 is 19.8 Å². The number of carbonyl (C=O) groups excluding carboxylic acids is 1. The Morgan fingerprint density at radius 3 is 2.65 bits per heavy atom. The van der Waals surface area contributed by atoms with Gasteiger partial charge in [0.15, 0.2) is 0 Å². The maximum Gasteiger partial charge on any atom is 0.326 e. The van der Waals surface area contributed by atoms with Crippen LogP contribution in [0.15, 0.2) is 0 Å². The molecule has 17 heavy (non-hydrogen) atoms. The van der Waals surface area contributed by atoms with Crippen LogP contribution in [0.25, 0.3) is 0 Å². The van der Waals surface area contributed by atoms with Crippen molar-refractivity contribution in [3.8, 4) is 0 Å². The van der Waals surface area contributed by atoms with E-state index in [9.17, 15) is 14.7 Å². The summed E-state index contributed by atoms with van der Waals surface area (Å²) in [7, 11) is 0. The maximum absolute atomic E-state index is 11.8. The summed E-state index contributed by atoms with van der Waals surface area (Å²) in [6.07, 6.45) is 0.520. The highest BCUT2D eigenvalue weighted by atomic mass is 16.4. The average Bonchev–Trinajstić information content (AvgIpc) is 2.28. The molecule has 0 aromatic rings. The normalized spacial score (nSPS) is 26.4. The first-order valence-corrected chi connectivity index (χ1v) is 5.92. The van der Waals surface area contributed by atoms with Gasteiger partial charge in [-0.1, -0.05) is 13.8 Å². The van der Waals surface area contributed by atoms with E-state index in [1.165, 1.54) is 0 Å². The van der Waals surface area contributed by atoms with Crippen LogP contribution in [0.5, 0.6) is 0 Å². The van der Waals surface area contributed by atoms with Crippen molar-refractivity contribution in [3.63, 3.8) is 0 Å². The number of nitrogens with zero attached hydrogens (tertiary/aromatic N) is 1. The van der Waals surface area contributed by atoms with Crippen molar-refractivity contribution in [2.75, 3.05) is 13.1 Å². The first-order valence-electron chi connectivity index (χ1n) is 5.92. The Morgan fingerprint density at radius 1 is 1.53 bits per heavy atom. The lowest BCUT2D eigenvalue weighted by Gasteiger charge is -2.34. The molecule has 0 spiro atoms. The van der Waals surface area contributed by atoms with Gasteiger partial charge >= 0.3 is 12.0 Å². The van der Waals surface area contributed by atoms with Gasteiger partial charge in [0.2, 0.25) is 0 Å². The molecule has 0 bridgehead atoms. The predicted octanol–water partition coefficient (Wildman–Crippen LogP) is 0.262. The molecule has 1 heterocycles. The predicted molar refractivity (Wildman–Crippen MR) is 61.6 cm³/mol. The number of likely N-dealkylation sites (tertiary alicyclic amines) is 1. The van der Waals surface area contributed by atoms with Gasteiger partial charge in [-0.3, -0.25) is 0 Å². The second kappa shape index (κ2) is 5.86. The fraction of sp³-hybridized carbons (Fsp3) is 0.818. The number of carboxylic acids is 1. The summed E-state index contributed by atoms with van der Waals surface area (Å²) in [6.45, 7) is 4.51. The van der Waals surface area contributed by atoms with Gasteiger partial charge in [0.05, 0.1) is 6.10 Å². The number of urea groups is 1. The van der Waals surface area contributed by atoms with Crippen LogP contribution in [0, 0.1) is 5.92 Å². The van der Waals surface area contributed by atoms with E-state index in [2.05, 4.69) is 5.32 Å². The average molecular weight is 244 g/mol. The summed E-state index contributed by atoms with van der Waals surface area (Å²) in [5.74, 6) is -0.995. The summed E-state index contributed by atoms with van der Waals surface area (Å²) in [5, 5.41) is 20.9. The van der Waals surface area contributed by atoms with Gasteiger partial charge in [-0.2, -0.15) is 0 Å². The quantitative estimate of drug-likeness (QED) is 0.664. The van der Waals surface area contributed by atoms with Crippen molar-refractivity contribution in [2.45, 2.75) is 38.8 Å². The molecule has 1 aliphatic heterocycles. The molecule has 0 aromatic carbocycles. The van der Waals surface area contributed by atoms with E-state index in [0.717, 1.165) is 0 Å². The molecule has 3 atom stereocenters. The van der Waals surface area contributed by atoms with E-state index in [1.54, 1.807) is 11.8 Å². The minimum atomic E-state index is -1.02. The zero-order valence-electron chi connectivity index (χ0n) is 10.2. The highest BCUT2D eigenvalue weighted by Crippen LogP contribution is 2.16. The minimum Gasteiger partial charge on any atom is -0.480 e. The third-order valence-corrected chi connectivity index (χ3v) is 3.15. The Hall–Kier alpha value is -1.30. The number of hydrogen-bond acceptors (Lipinski definition) is 3. The molecule has 2 unspecified atom stereocenters. The molecule has 1 rings (SSSR count). The largest absolute Gasteiger partial charge is 0.480 e. The lowest BCUT2D eigenvalue weighted by atomic mass is 9.97. The molecular formula is C11H20N2O4. The van der Waals surface area contributed by atoms with Gasteiger partial charge in [0.25, 0.3) is 0 Å². The Morgan fingerprint density at radius 2 is 2.18 bits per heavy atom. The summed E-state index contributed by atoms with van der Waals surface area (Å²) >= 11 is 0. The zero-order valence-corrected chi connectivity index (χ0v) is 10.2. The number of aliphatic hydroxyl groups excluding tert-OH is 1. The molecule has 0 aromatic heterocycles. The van der Waals surface area contributed by atoms with Crippen LogP contribution in [-0.4, -0.2) is 52.3 Å². The maximum atomic E-state index is 11.8. The third kappa shape index (κ3) is 3.59. The Balaban J connectivity index is 2.50. The fourth-order valence-electron chi connectivity index (χ4n) is 1.90. The van der Waals surface area contributed by atoms with Crippen LogP contribution < -0.4 is 5.32 Å². The highest BCUT2D eigenvalue weighted by molar-refractivity contribution is 5.82. The lowest BCUT2D eigenvalue weighted by Crippen LogP contribution is -2.52. The Kier molecular flexibility index (Phi) is 4.74. The van der Waals surface area contributed by atoms with Gasteiger partial charge in [0.1, 0.15) is 6.04 Å². The summed E-state index contributed by atoms with van der Waals surface area (Å²) < 4.78 is 0. The summed E-state index contributed by atoms with van der Waals surface area (Å²) in [6, 6.07) is -1.21. The number of aliphatic hydroxyl groups is 1. The van der Waals surface area contributed by atoms with Crippen LogP contribution in [0.2, 0.25) is 0 Å². The van der Waals surface area contributed by atoms with Gasteiger partial charge in [-0.15, -0.1) is 0 Å². The molecule has 2 amide bonds. The number of amides is 2. The fourth-order valence-corrected chi connectivity index (χ4v) is 1.90. The van der Waals surface area contributed by atoms with E-state index in [-0.39, 0.29) is 18.1 Å². The number of aliphatic carboxylic acids is 1.